The van der Waals surface area contributed by atoms with Crippen molar-refractivity contribution in [3.8, 4) is 5.69 Å². The van der Waals surface area contributed by atoms with Gasteiger partial charge in [-0.25, -0.2) is 4.68 Å². The highest BCUT2D eigenvalue weighted by molar-refractivity contribution is 7.98. The highest BCUT2D eigenvalue weighted by Gasteiger charge is 2.15. The van der Waals surface area contributed by atoms with Crippen LogP contribution in [0.3, 0.4) is 0 Å². The Bertz CT molecular complexity index is 815. The van der Waals surface area contributed by atoms with Crippen LogP contribution in [0.4, 0.5) is 0 Å². The van der Waals surface area contributed by atoms with E-state index in [9.17, 15) is 4.79 Å². The van der Waals surface area contributed by atoms with Gasteiger partial charge in [-0.15, -0.1) is 16.9 Å². The van der Waals surface area contributed by atoms with Crippen molar-refractivity contribution in [1.82, 2.24) is 20.3 Å². The summed E-state index contributed by atoms with van der Waals surface area (Å²) in [4.78, 5) is 13.6. The van der Waals surface area contributed by atoms with Crippen molar-refractivity contribution < 1.29 is 4.79 Å². The quantitative estimate of drug-likeness (QED) is 0.724. The van der Waals surface area contributed by atoms with Crippen molar-refractivity contribution in [3.05, 3.63) is 72.1 Å². The number of nitrogens with one attached hydrogen (secondary N) is 1. The molecule has 0 aliphatic rings. The van der Waals surface area contributed by atoms with E-state index in [1.54, 1.807) is 22.6 Å². The average Bonchev–Trinajstić information content (AvgIpc) is 3.13. The van der Waals surface area contributed by atoms with Gasteiger partial charge in [0.05, 0.1) is 17.9 Å². The van der Waals surface area contributed by atoms with Crippen molar-refractivity contribution in [1.29, 1.82) is 0 Å². The second-order valence-corrected chi connectivity index (χ2v) is 6.23. The Hall–Kier alpha value is -2.60. The van der Waals surface area contributed by atoms with Gasteiger partial charge in [-0.3, -0.25) is 4.79 Å². The molecule has 1 amide bonds. The van der Waals surface area contributed by atoms with Gasteiger partial charge < -0.3 is 5.32 Å². The Labute approximate surface area is 145 Å². The van der Waals surface area contributed by atoms with Crippen LogP contribution in [0, 0.1) is 0 Å². The van der Waals surface area contributed by atoms with Crippen LogP contribution in [0.2, 0.25) is 0 Å². The summed E-state index contributed by atoms with van der Waals surface area (Å²) >= 11 is 1.69. The Kier molecular flexibility index (Phi) is 4.96. The molecule has 1 atom stereocenters. The number of hydrogen-bond acceptors (Lipinski definition) is 4. The Morgan fingerprint density at radius 2 is 1.83 bits per heavy atom. The van der Waals surface area contributed by atoms with Crippen molar-refractivity contribution in [2.45, 2.75) is 17.9 Å². The van der Waals surface area contributed by atoms with E-state index in [1.165, 1.54) is 4.90 Å². The molecule has 0 aliphatic carbocycles. The average molecular weight is 338 g/mol. The van der Waals surface area contributed by atoms with Gasteiger partial charge in [0.2, 0.25) is 0 Å². The minimum absolute atomic E-state index is 0.102. The van der Waals surface area contributed by atoms with E-state index < -0.39 is 0 Å². The first-order chi connectivity index (χ1) is 11.7. The Balaban J connectivity index is 1.69. The number of thioether (sulfide) groups is 1. The fourth-order valence-corrected chi connectivity index (χ4v) is 2.73. The van der Waals surface area contributed by atoms with E-state index in [0.29, 0.717) is 5.69 Å². The molecular weight excluding hydrogens is 320 g/mol. The van der Waals surface area contributed by atoms with E-state index >= 15 is 0 Å². The van der Waals surface area contributed by atoms with E-state index in [1.807, 2.05) is 67.8 Å². The minimum Gasteiger partial charge on any atom is -0.344 e. The SMILES string of the molecule is CSc1ccc(C(C)NC(=O)c2cn(-c3ccccc3)nn2)cc1. The largest absolute Gasteiger partial charge is 0.344 e. The van der Waals surface area contributed by atoms with Gasteiger partial charge in [0, 0.05) is 4.90 Å². The zero-order valence-corrected chi connectivity index (χ0v) is 14.3. The fraction of sp³-hybridized carbons (Fsp3) is 0.167. The monoisotopic (exact) mass is 338 g/mol. The molecule has 5 nitrogen and oxygen atoms in total. The van der Waals surface area contributed by atoms with Crippen LogP contribution in [-0.2, 0) is 0 Å². The summed E-state index contributed by atoms with van der Waals surface area (Å²) in [5.41, 5.74) is 2.22. The number of rotatable bonds is 5. The molecule has 1 heterocycles. The maximum atomic E-state index is 12.4. The number of aromatic nitrogens is 3. The zero-order valence-electron chi connectivity index (χ0n) is 13.5. The van der Waals surface area contributed by atoms with Gasteiger partial charge in [-0.2, -0.15) is 0 Å². The van der Waals surface area contributed by atoms with Gasteiger partial charge in [-0.1, -0.05) is 35.5 Å². The fourth-order valence-electron chi connectivity index (χ4n) is 2.32. The third kappa shape index (κ3) is 3.65. The molecule has 1 N–H and O–H groups in total. The molecule has 1 unspecified atom stereocenters. The molecular formula is C18H18N4OS. The molecule has 0 saturated heterocycles. The molecule has 0 fully saturated rings. The van der Waals surface area contributed by atoms with Crippen molar-refractivity contribution in [3.63, 3.8) is 0 Å². The number of benzene rings is 2. The molecule has 3 rings (SSSR count). The van der Waals surface area contributed by atoms with Gasteiger partial charge in [0.15, 0.2) is 5.69 Å². The van der Waals surface area contributed by atoms with E-state index in [0.717, 1.165) is 11.3 Å². The molecule has 2 aromatic carbocycles. The Morgan fingerprint density at radius 3 is 2.50 bits per heavy atom. The van der Waals surface area contributed by atoms with Crippen LogP contribution in [0.15, 0.2) is 65.7 Å². The van der Waals surface area contributed by atoms with Crippen molar-refractivity contribution in [2.75, 3.05) is 6.26 Å². The number of carbonyl (C=O) groups is 1. The standard InChI is InChI=1S/C18H18N4OS/c1-13(14-8-10-16(24-2)11-9-14)19-18(23)17-12-22(21-20-17)15-6-4-3-5-7-15/h3-13H,1-2H3,(H,19,23). The topological polar surface area (TPSA) is 59.8 Å². The van der Waals surface area contributed by atoms with E-state index in [4.69, 9.17) is 0 Å². The lowest BCUT2D eigenvalue weighted by Gasteiger charge is -2.13. The highest BCUT2D eigenvalue weighted by atomic mass is 32.2. The normalized spacial score (nSPS) is 11.9. The molecule has 6 heteroatoms. The predicted octanol–water partition coefficient (Wildman–Crippen LogP) is 3.48. The summed E-state index contributed by atoms with van der Waals surface area (Å²) in [6.45, 7) is 1.95. The molecule has 0 radical (unpaired) electrons. The van der Waals surface area contributed by atoms with Gasteiger partial charge in [0.1, 0.15) is 0 Å². The molecule has 24 heavy (non-hydrogen) atoms. The zero-order chi connectivity index (χ0) is 16.9. The van der Waals surface area contributed by atoms with Crippen LogP contribution in [0.1, 0.15) is 29.0 Å². The van der Waals surface area contributed by atoms with Gasteiger partial charge >= 0.3 is 0 Å². The van der Waals surface area contributed by atoms with Crippen molar-refractivity contribution >= 4 is 17.7 Å². The van der Waals surface area contributed by atoms with Crippen molar-refractivity contribution in [2.24, 2.45) is 0 Å². The third-order valence-electron chi connectivity index (χ3n) is 3.71. The molecule has 0 aliphatic heterocycles. The number of carbonyl (C=O) groups excluding carboxylic acids is 1. The van der Waals surface area contributed by atoms with Crippen LogP contribution >= 0.6 is 11.8 Å². The lowest BCUT2D eigenvalue weighted by atomic mass is 10.1. The Morgan fingerprint density at radius 1 is 1.12 bits per heavy atom. The molecule has 3 aromatic rings. The predicted molar refractivity (Wildman–Crippen MR) is 95.5 cm³/mol. The summed E-state index contributed by atoms with van der Waals surface area (Å²) in [5, 5.41) is 10.9. The summed E-state index contributed by atoms with van der Waals surface area (Å²) < 4.78 is 1.59. The summed E-state index contributed by atoms with van der Waals surface area (Å²) in [7, 11) is 0. The smallest absolute Gasteiger partial charge is 0.273 e. The number of nitrogens with zero attached hydrogens (tertiary/aromatic N) is 3. The summed E-state index contributed by atoms with van der Waals surface area (Å²) in [6, 6.07) is 17.6. The molecule has 0 spiro atoms. The minimum atomic E-state index is -0.237. The highest BCUT2D eigenvalue weighted by Crippen LogP contribution is 2.19. The van der Waals surface area contributed by atoms with E-state index in [2.05, 4.69) is 15.6 Å². The van der Waals surface area contributed by atoms with Gasteiger partial charge in [-0.05, 0) is 43.0 Å². The first-order valence-electron chi connectivity index (χ1n) is 7.60. The third-order valence-corrected chi connectivity index (χ3v) is 4.45. The maximum Gasteiger partial charge on any atom is 0.273 e. The maximum absolute atomic E-state index is 12.4. The first-order valence-corrected chi connectivity index (χ1v) is 8.82. The summed E-state index contributed by atoms with van der Waals surface area (Å²) in [6.07, 6.45) is 3.67. The molecule has 1 aromatic heterocycles. The van der Waals surface area contributed by atoms with Crippen LogP contribution < -0.4 is 5.32 Å². The molecule has 0 bridgehead atoms. The lowest BCUT2D eigenvalue weighted by molar-refractivity contribution is 0.0934. The lowest BCUT2D eigenvalue weighted by Crippen LogP contribution is -2.26. The second kappa shape index (κ2) is 7.31. The van der Waals surface area contributed by atoms with Gasteiger partial charge in [0.25, 0.3) is 5.91 Å². The van der Waals surface area contributed by atoms with Crippen LogP contribution in [0.5, 0.6) is 0 Å². The molecule has 0 saturated carbocycles. The number of hydrogen-bond donors (Lipinski definition) is 1. The summed E-state index contributed by atoms with van der Waals surface area (Å²) in [5.74, 6) is -0.237. The first kappa shape index (κ1) is 16.3. The molecule has 122 valence electrons. The van der Waals surface area contributed by atoms with Crippen LogP contribution in [0.25, 0.3) is 5.69 Å². The number of para-hydroxylation sites is 1. The number of amides is 1. The van der Waals surface area contributed by atoms with E-state index in [-0.39, 0.29) is 11.9 Å². The van der Waals surface area contributed by atoms with Crippen LogP contribution in [-0.4, -0.2) is 27.2 Å². The second-order valence-electron chi connectivity index (χ2n) is 5.35.